The third-order valence-electron chi connectivity index (χ3n) is 2.33. The van der Waals surface area contributed by atoms with Gasteiger partial charge in [-0.3, -0.25) is 4.79 Å². The van der Waals surface area contributed by atoms with Gasteiger partial charge in [-0.15, -0.1) is 11.6 Å². The second kappa shape index (κ2) is 8.14. The van der Waals surface area contributed by atoms with E-state index in [0.717, 1.165) is 5.56 Å². The van der Waals surface area contributed by atoms with Gasteiger partial charge in [-0.25, -0.2) is 13.1 Å². The van der Waals surface area contributed by atoms with Gasteiger partial charge in [0.1, 0.15) is 0 Å². The van der Waals surface area contributed by atoms with Crippen molar-refractivity contribution in [3.8, 4) is 0 Å². The highest BCUT2D eigenvalue weighted by Gasteiger charge is 2.11. The molecule has 19 heavy (non-hydrogen) atoms. The van der Waals surface area contributed by atoms with E-state index in [-0.39, 0.29) is 24.1 Å². The Morgan fingerprint density at radius 2 is 1.89 bits per heavy atom. The highest BCUT2D eigenvalue weighted by molar-refractivity contribution is 7.89. The zero-order chi connectivity index (χ0) is 14.1. The maximum absolute atomic E-state index is 11.5. The van der Waals surface area contributed by atoms with Gasteiger partial charge in [-0.1, -0.05) is 30.3 Å². The Balaban J connectivity index is 2.28. The molecule has 5 nitrogen and oxygen atoms in total. The first kappa shape index (κ1) is 15.9. The summed E-state index contributed by atoms with van der Waals surface area (Å²) in [5, 5.41) is 2.64. The predicted octanol–water partition coefficient (Wildman–Crippen LogP) is 0.851. The summed E-state index contributed by atoms with van der Waals surface area (Å²) in [4.78, 5) is 11.5. The molecule has 0 aliphatic rings. The topological polar surface area (TPSA) is 75.3 Å². The molecule has 1 amide bonds. The van der Waals surface area contributed by atoms with Crippen molar-refractivity contribution in [2.45, 2.75) is 13.0 Å². The number of carbonyl (C=O) groups is 1. The third kappa shape index (κ3) is 7.15. The molecule has 0 aromatic heterocycles. The van der Waals surface area contributed by atoms with Gasteiger partial charge in [-0.2, -0.15) is 0 Å². The minimum Gasteiger partial charge on any atom is -0.351 e. The lowest BCUT2D eigenvalue weighted by molar-refractivity contribution is -0.120. The largest absolute Gasteiger partial charge is 0.351 e. The summed E-state index contributed by atoms with van der Waals surface area (Å²) in [7, 11) is -3.42. The monoisotopic (exact) mass is 304 g/mol. The van der Waals surface area contributed by atoms with E-state index in [9.17, 15) is 13.2 Å². The van der Waals surface area contributed by atoms with E-state index in [4.69, 9.17) is 11.6 Å². The van der Waals surface area contributed by atoms with Crippen molar-refractivity contribution in [2.24, 2.45) is 0 Å². The van der Waals surface area contributed by atoms with Crippen molar-refractivity contribution in [1.82, 2.24) is 10.0 Å². The van der Waals surface area contributed by atoms with Gasteiger partial charge in [0.2, 0.25) is 15.9 Å². The van der Waals surface area contributed by atoms with Crippen molar-refractivity contribution in [2.75, 3.05) is 18.2 Å². The van der Waals surface area contributed by atoms with E-state index in [1.165, 1.54) is 0 Å². The fraction of sp³-hybridized carbons (Fsp3) is 0.417. The summed E-state index contributed by atoms with van der Waals surface area (Å²) in [5.41, 5.74) is 0.959. The summed E-state index contributed by atoms with van der Waals surface area (Å²) in [6.07, 6.45) is 0.364. The summed E-state index contributed by atoms with van der Waals surface area (Å²) >= 11 is 5.42. The Morgan fingerprint density at radius 3 is 2.53 bits per heavy atom. The molecule has 0 aliphatic heterocycles. The number of hydrogen-bond acceptors (Lipinski definition) is 3. The summed E-state index contributed by atoms with van der Waals surface area (Å²) in [6, 6.07) is 9.39. The van der Waals surface area contributed by atoms with Crippen LogP contribution in [0.25, 0.3) is 0 Å². The fourth-order valence-electron chi connectivity index (χ4n) is 1.35. The van der Waals surface area contributed by atoms with Gasteiger partial charge in [-0.05, 0) is 12.0 Å². The Bertz CT molecular complexity index is 491. The first-order chi connectivity index (χ1) is 9.03. The number of amides is 1. The van der Waals surface area contributed by atoms with Crippen molar-refractivity contribution in [3.05, 3.63) is 35.9 Å². The quantitative estimate of drug-likeness (QED) is 0.699. The lowest BCUT2D eigenvalue weighted by atomic mass is 10.2. The number of carbonyl (C=O) groups excluding carboxylic acids is 1. The summed E-state index contributed by atoms with van der Waals surface area (Å²) in [5.74, 6) is -0.151. The molecule has 0 spiro atoms. The van der Waals surface area contributed by atoms with E-state index in [1.807, 2.05) is 30.3 Å². The second-order valence-corrected chi connectivity index (χ2v) is 6.25. The molecule has 1 aromatic carbocycles. The maximum Gasteiger partial charge on any atom is 0.235 e. The number of hydrogen-bond donors (Lipinski definition) is 2. The SMILES string of the molecule is O=C(CNS(=O)(=O)CCCCl)NCc1ccccc1. The molecular weight excluding hydrogens is 288 g/mol. The van der Waals surface area contributed by atoms with Crippen molar-refractivity contribution in [1.29, 1.82) is 0 Å². The van der Waals surface area contributed by atoms with Gasteiger partial charge >= 0.3 is 0 Å². The fourth-order valence-corrected chi connectivity index (χ4v) is 2.66. The van der Waals surface area contributed by atoms with Crippen LogP contribution in [-0.4, -0.2) is 32.5 Å². The van der Waals surface area contributed by atoms with Crippen LogP contribution in [0.5, 0.6) is 0 Å². The number of rotatable bonds is 8. The molecule has 0 radical (unpaired) electrons. The smallest absolute Gasteiger partial charge is 0.235 e. The zero-order valence-electron chi connectivity index (χ0n) is 10.4. The Kier molecular flexibility index (Phi) is 6.83. The van der Waals surface area contributed by atoms with Gasteiger partial charge in [0.25, 0.3) is 0 Å². The Hall–Kier alpha value is -1.11. The van der Waals surface area contributed by atoms with Crippen LogP contribution in [0.3, 0.4) is 0 Å². The first-order valence-electron chi connectivity index (χ1n) is 5.87. The van der Waals surface area contributed by atoms with Crippen LogP contribution < -0.4 is 10.0 Å². The molecule has 0 aliphatic carbocycles. The highest BCUT2D eigenvalue weighted by Crippen LogP contribution is 1.97. The molecule has 0 unspecified atom stereocenters. The normalized spacial score (nSPS) is 11.2. The average Bonchev–Trinajstić information content (AvgIpc) is 2.42. The molecule has 2 N–H and O–H groups in total. The summed E-state index contributed by atoms with van der Waals surface area (Å²) < 4.78 is 25.1. The molecule has 0 bridgehead atoms. The molecule has 0 atom stereocenters. The van der Waals surface area contributed by atoms with Gasteiger partial charge in [0, 0.05) is 12.4 Å². The highest BCUT2D eigenvalue weighted by atomic mass is 35.5. The van der Waals surface area contributed by atoms with E-state index >= 15 is 0 Å². The van der Waals surface area contributed by atoms with Crippen LogP contribution in [0, 0.1) is 0 Å². The molecule has 1 rings (SSSR count). The number of halogens is 1. The molecule has 0 fully saturated rings. The number of alkyl halides is 1. The molecule has 0 saturated carbocycles. The molecule has 0 heterocycles. The van der Waals surface area contributed by atoms with E-state index in [0.29, 0.717) is 13.0 Å². The molecular formula is C12H17ClN2O3S. The van der Waals surface area contributed by atoms with Crippen molar-refractivity contribution < 1.29 is 13.2 Å². The van der Waals surface area contributed by atoms with Crippen molar-refractivity contribution >= 4 is 27.5 Å². The number of nitrogens with one attached hydrogen (secondary N) is 2. The first-order valence-corrected chi connectivity index (χ1v) is 8.06. The van der Waals surface area contributed by atoms with E-state index in [2.05, 4.69) is 10.0 Å². The molecule has 106 valence electrons. The van der Waals surface area contributed by atoms with Gasteiger partial charge in [0.15, 0.2) is 0 Å². The number of sulfonamides is 1. The zero-order valence-corrected chi connectivity index (χ0v) is 12.0. The number of benzene rings is 1. The summed E-state index contributed by atoms with van der Waals surface area (Å²) in [6.45, 7) is 0.126. The molecule has 0 saturated heterocycles. The van der Waals surface area contributed by atoms with Crippen LogP contribution in [0.2, 0.25) is 0 Å². The van der Waals surface area contributed by atoms with Crippen LogP contribution in [0.15, 0.2) is 30.3 Å². The lowest BCUT2D eigenvalue weighted by Gasteiger charge is -2.07. The van der Waals surface area contributed by atoms with Gasteiger partial charge < -0.3 is 5.32 Å². The minimum atomic E-state index is -3.42. The predicted molar refractivity (Wildman–Crippen MR) is 75.4 cm³/mol. The maximum atomic E-state index is 11.5. The van der Waals surface area contributed by atoms with E-state index < -0.39 is 10.0 Å². The molecule has 7 heteroatoms. The van der Waals surface area contributed by atoms with E-state index in [1.54, 1.807) is 0 Å². The molecule has 1 aromatic rings. The average molecular weight is 305 g/mol. The van der Waals surface area contributed by atoms with Crippen LogP contribution in [-0.2, 0) is 21.4 Å². The third-order valence-corrected chi connectivity index (χ3v) is 4.01. The van der Waals surface area contributed by atoms with Gasteiger partial charge in [0.05, 0.1) is 12.3 Å². The second-order valence-electron chi connectivity index (χ2n) is 3.94. The van der Waals surface area contributed by atoms with Crippen LogP contribution in [0.4, 0.5) is 0 Å². The van der Waals surface area contributed by atoms with Crippen LogP contribution in [0.1, 0.15) is 12.0 Å². The lowest BCUT2D eigenvalue weighted by Crippen LogP contribution is -2.37. The standard InChI is InChI=1S/C12H17ClN2O3S/c13-7-4-8-19(17,18)15-10-12(16)14-9-11-5-2-1-3-6-11/h1-3,5-6,15H,4,7-10H2,(H,14,16). The Morgan fingerprint density at radius 1 is 1.21 bits per heavy atom. The minimum absolute atomic E-state index is 0.0670. The Labute approximate surface area is 118 Å². The van der Waals surface area contributed by atoms with Crippen molar-refractivity contribution in [3.63, 3.8) is 0 Å². The van der Waals surface area contributed by atoms with Crippen LogP contribution >= 0.6 is 11.6 Å².